The van der Waals surface area contributed by atoms with E-state index < -0.39 is 0 Å². The molecule has 1 amide bonds. The summed E-state index contributed by atoms with van der Waals surface area (Å²) in [5, 5.41) is 3.49. The zero-order valence-electron chi connectivity index (χ0n) is 14.4. The predicted molar refractivity (Wildman–Crippen MR) is 101 cm³/mol. The highest BCUT2D eigenvalue weighted by Crippen LogP contribution is 2.23. The number of halogens is 1. The third kappa shape index (κ3) is 3.88. The van der Waals surface area contributed by atoms with Crippen molar-refractivity contribution in [1.82, 2.24) is 9.55 Å². The molecule has 2 aromatic carbocycles. The second-order valence-electron chi connectivity index (χ2n) is 5.35. The monoisotopic (exact) mass is 371 g/mol. The number of benzene rings is 2. The minimum absolute atomic E-state index is 0.300. The lowest BCUT2D eigenvalue weighted by Gasteiger charge is -2.11. The van der Waals surface area contributed by atoms with E-state index in [1.807, 2.05) is 13.2 Å². The zero-order valence-corrected chi connectivity index (χ0v) is 15.2. The minimum atomic E-state index is -0.333. The first-order valence-electron chi connectivity index (χ1n) is 8.04. The van der Waals surface area contributed by atoms with Crippen LogP contribution < -0.4 is 10.1 Å². The summed E-state index contributed by atoms with van der Waals surface area (Å²) >= 11 is 1.41. The molecule has 0 aliphatic carbocycles. The van der Waals surface area contributed by atoms with Gasteiger partial charge in [-0.2, -0.15) is 0 Å². The van der Waals surface area contributed by atoms with Gasteiger partial charge in [-0.3, -0.25) is 9.36 Å². The van der Waals surface area contributed by atoms with Crippen molar-refractivity contribution in [3.05, 3.63) is 66.2 Å². The second-order valence-corrected chi connectivity index (χ2v) is 6.13. The van der Waals surface area contributed by atoms with Crippen LogP contribution in [0.3, 0.4) is 0 Å². The first kappa shape index (κ1) is 18.0. The Kier molecular flexibility index (Phi) is 5.58. The van der Waals surface area contributed by atoms with E-state index in [0.717, 1.165) is 5.75 Å². The number of nitrogens with one attached hydrogen (secondary N) is 1. The summed E-state index contributed by atoms with van der Waals surface area (Å²) in [6, 6.07) is 13.1. The van der Waals surface area contributed by atoms with E-state index in [-0.39, 0.29) is 11.7 Å². The van der Waals surface area contributed by atoms with Crippen LogP contribution in [0, 0.1) is 5.82 Å². The van der Waals surface area contributed by atoms with E-state index >= 15 is 0 Å². The Morgan fingerprint density at radius 3 is 2.50 bits per heavy atom. The fourth-order valence-corrected chi connectivity index (χ4v) is 3.02. The second kappa shape index (κ2) is 8.05. The van der Waals surface area contributed by atoms with Crippen LogP contribution in [0.4, 0.5) is 10.1 Å². The molecule has 134 valence electrons. The maximum atomic E-state index is 13.2. The molecular weight excluding hydrogens is 353 g/mol. The Bertz CT molecular complexity index is 892. The van der Waals surface area contributed by atoms with Crippen molar-refractivity contribution in [2.24, 2.45) is 0 Å². The van der Waals surface area contributed by atoms with Gasteiger partial charge < -0.3 is 10.1 Å². The highest BCUT2D eigenvalue weighted by atomic mass is 32.2. The average Bonchev–Trinajstić information content (AvgIpc) is 3.08. The van der Waals surface area contributed by atoms with Crippen LogP contribution in [0.15, 0.2) is 59.9 Å². The molecule has 7 heteroatoms. The number of anilines is 1. The summed E-state index contributed by atoms with van der Waals surface area (Å²) in [5.74, 6) is 0.109. The highest BCUT2D eigenvalue weighted by Gasteiger charge is 2.18. The number of ether oxygens (including phenoxy) is 1. The standard InChI is InChI=1S/C19H18FN3O2S/c1-3-25-16-10-6-14(7-11-16)22-18(24)17-12-21-19(26-2)23(17)15-8-4-13(20)5-9-15/h4-12H,3H2,1-2H3,(H,22,24). The van der Waals surface area contributed by atoms with Gasteiger partial charge in [0.25, 0.3) is 5.91 Å². The van der Waals surface area contributed by atoms with Crippen LogP contribution in [-0.4, -0.2) is 28.3 Å². The molecule has 0 unspecified atom stereocenters. The molecule has 0 bridgehead atoms. The van der Waals surface area contributed by atoms with Gasteiger partial charge in [0.15, 0.2) is 5.16 Å². The summed E-state index contributed by atoms with van der Waals surface area (Å²) in [4.78, 5) is 17.0. The number of hydrogen-bond donors (Lipinski definition) is 1. The maximum Gasteiger partial charge on any atom is 0.274 e. The van der Waals surface area contributed by atoms with E-state index in [4.69, 9.17) is 4.74 Å². The van der Waals surface area contributed by atoms with Gasteiger partial charge >= 0.3 is 0 Å². The third-order valence-electron chi connectivity index (χ3n) is 3.65. The van der Waals surface area contributed by atoms with Crippen molar-refractivity contribution in [1.29, 1.82) is 0 Å². The Labute approximate surface area is 155 Å². The number of nitrogens with zero attached hydrogens (tertiary/aromatic N) is 2. The zero-order chi connectivity index (χ0) is 18.5. The van der Waals surface area contributed by atoms with Gasteiger partial charge in [0.05, 0.1) is 12.8 Å². The highest BCUT2D eigenvalue weighted by molar-refractivity contribution is 7.98. The fourth-order valence-electron chi connectivity index (χ4n) is 2.48. The number of thioether (sulfide) groups is 1. The molecule has 5 nitrogen and oxygen atoms in total. The molecule has 1 N–H and O–H groups in total. The van der Waals surface area contributed by atoms with Gasteiger partial charge in [-0.25, -0.2) is 9.37 Å². The van der Waals surface area contributed by atoms with Crippen LogP contribution in [0.5, 0.6) is 5.75 Å². The maximum absolute atomic E-state index is 13.2. The number of imidazole rings is 1. The van der Waals surface area contributed by atoms with Gasteiger partial charge in [-0.15, -0.1) is 0 Å². The van der Waals surface area contributed by atoms with E-state index in [1.165, 1.54) is 30.1 Å². The van der Waals surface area contributed by atoms with Crippen molar-refractivity contribution in [3.63, 3.8) is 0 Å². The predicted octanol–water partition coefficient (Wildman–Crippen LogP) is 4.38. The van der Waals surface area contributed by atoms with Crippen LogP contribution in [-0.2, 0) is 0 Å². The smallest absolute Gasteiger partial charge is 0.274 e. The van der Waals surface area contributed by atoms with Gasteiger partial charge in [0.2, 0.25) is 0 Å². The largest absolute Gasteiger partial charge is 0.494 e. The molecule has 3 aromatic rings. The van der Waals surface area contributed by atoms with Crippen LogP contribution >= 0.6 is 11.8 Å². The van der Waals surface area contributed by atoms with Gasteiger partial charge in [0, 0.05) is 11.4 Å². The molecule has 0 atom stereocenters. The van der Waals surface area contributed by atoms with E-state index in [9.17, 15) is 9.18 Å². The fraction of sp³-hybridized carbons (Fsp3) is 0.158. The Hall–Kier alpha value is -2.80. The summed E-state index contributed by atoms with van der Waals surface area (Å²) < 4.78 is 20.3. The molecule has 26 heavy (non-hydrogen) atoms. The lowest BCUT2D eigenvalue weighted by Crippen LogP contribution is -2.16. The van der Waals surface area contributed by atoms with Gasteiger partial charge in [-0.05, 0) is 61.7 Å². The molecule has 0 saturated carbocycles. The Morgan fingerprint density at radius 1 is 1.19 bits per heavy atom. The average molecular weight is 371 g/mol. The molecule has 0 spiro atoms. The first-order valence-corrected chi connectivity index (χ1v) is 9.26. The SMILES string of the molecule is CCOc1ccc(NC(=O)c2cnc(SC)n2-c2ccc(F)cc2)cc1. The first-order chi connectivity index (χ1) is 12.6. The summed E-state index contributed by atoms with van der Waals surface area (Å²) in [5.41, 5.74) is 1.69. The number of aromatic nitrogens is 2. The summed E-state index contributed by atoms with van der Waals surface area (Å²) in [7, 11) is 0. The number of rotatable bonds is 6. The molecule has 0 saturated heterocycles. The minimum Gasteiger partial charge on any atom is -0.494 e. The topological polar surface area (TPSA) is 56.1 Å². The Balaban J connectivity index is 1.87. The van der Waals surface area contributed by atoms with Gasteiger partial charge in [-0.1, -0.05) is 11.8 Å². The number of carbonyl (C=O) groups excluding carboxylic acids is 1. The lowest BCUT2D eigenvalue weighted by molar-refractivity contribution is 0.102. The van der Waals surface area contributed by atoms with Crippen LogP contribution in [0.1, 0.15) is 17.4 Å². The Morgan fingerprint density at radius 2 is 1.88 bits per heavy atom. The third-order valence-corrected chi connectivity index (χ3v) is 4.31. The molecule has 0 aliphatic rings. The van der Waals surface area contributed by atoms with Crippen LogP contribution in [0.25, 0.3) is 5.69 Å². The van der Waals surface area contributed by atoms with Gasteiger partial charge in [0.1, 0.15) is 17.3 Å². The summed E-state index contributed by atoms with van der Waals surface area (Å²) in [6.07, 6.45) is 3.38. The van der Waals surface area contributed by atoms with Crippen molar-refractivity contribution in [2.75, 3.05) is 18.2 Å². The molecule has 0 radical (unpaired) electrons. The molecule has 0 fully saturated rings. The molecule has 3 rings (SSSR count). The van der Waals surface area contributed by atoms with E-state index in [0.29, 0.717) is 28.8 Å². The molecular formula is C19H18FN3O2S. The van der Waals surface area contributed by atoms with Crippen molar-refractivity contribution < 1.29 is 13.9 Å². The molecule has 1 heterocycles. The van der Waals surface area contributed by atoms with E-state index in [2.05, 4.69) is 10.3 Å². The normalized spacial score (nSPS) is 10.6. The summed E-state index contributed by atoms with van der Waals surface area (Å²) in [6.45, 7) is 2.50. The van der Waals surface area contributed by atoms with Crippen molar-refractivity contribution >= 4 is 23.4 Å². The van der Waals surface area contributed by atoms with Crippen molar-refractivity contribution in [3.8, 4) is 11.4 Å². The van der Waals surface area contributed by atoms with Crippen LogP contribution in [0.2, 0.25) is 0 Å². The quantitative estimate of drug-likeness (QED) is 0.653. The van der Waals surface area contributed by atoms with E-state index in [1.54, 1.807) is 41.0 Å². The molecule has 0 aliphatic heterocycles. The van der Waals surface area contributed by atoms with Crippen molar-refractivity contribution in [2.45, 2.75) is 12.1 Å². The number of hydrogen-bond acceptors (Lipinski definition) is 4. The lowest BCUT2D eigenvalue weighted by atomic mass is 10.2. The number of amides is 1. The number of carbonyl (C=O) groups is 1. The molecule has 1 aromatic heterocycles.